The SMILES string of the molecule is CC(O)C(NC(=O)C1CCCN1C(=O)C(CCC(=O)O)NC(=O)C(N)CCCN=C(N)N)C(=O)O. The van der Waals surface area contributed by atoms with Crippen LogP contribution in [-0.4, -0.2) is 99.2 Å². The minimum atomic E-state index is -1.57. The lowest BCUT2D eigenvalue weighted by molar-refractivity contribution is -0.147. The van der Waals surface area contributed by atoms with Crippen molar-refractivity contribution < 1.29 is 39.3 Å². The summed E-state index contributed by atoms with van der Waals surface area (Å²) >= 11 is 0. The number of nitrogens with one attached hydrogen (secondary N) is 2. The number of aliphatic hydroxyl groups is 1. The monoisotopic (exact) mass is 501 g/mol. The molecule has 198 valence electrons. The Morgan fingerprint density at radius 3 is 2.31 bits per heavy atom. The van der Waals surface area contributed by atoms with E-state index in [4.69, 9.17) is 22.3 Å². The summed E-state index contributed by atoms with van der Waals surface area (Å²) in [6, 6.07) is -4.88. The number of carbonyl (C=O) groups is 5. The molecular formula is C20H35N7O8. The van der Waals surface area contributed by atoms with Crippen LogP contribution in [0.3, 0.4) is 0 Å². The van der Waals surface area contributed by atoms with Crippen LogP contribution in [0.25, 0.3) is 0 Å². The van der Waals surface area contributed by atoms with Crippen LogP contribution >= 0.6 is 0 Å². The molecule has 11 N–H and O–H groups in total. The number of carboxylic acids is 2. The highest BCUT2D eigenvalue weighted by atomic mass is 16.4. The van der Waals surface area contributed by atoms with E-state index in [-0.39, 0.29) is 38.3 Å². The number of nitrogens with two attached hydrogens (primary N) is 3. The summed E-state index contributed by atoms with van der Waals surface area (Å²) in [5.41, 5.74) is 16.3. The standard InChI is InChI=1S/C20H35N7O8/c1-10(28)15(19(34)35)26-17(32)13-5-3-9-27(13)18(33)12(6-7-14(29)30)25-16(31)11(21)4-2-8-24-20(22)23/h10-13,15,28H,2-9,21H2,1H3,(H,25,31)(H,26,32)(H,29,30)(H,34,35)(H4,22,23,24). The van der Waals surface area contributed by atoms with E-state index in [0.29, 0.717) is 12.8 Å². The van der Waals surface area contributed by atoms with E-state index in [2.05, 4.69) is 15.6 Å². The quantitative estimate of drug-likeness (QED) is 0.0662. The Morgan fingerprint density at radius 2 is 1.77 bits per heavy atom. The average Bonchev–Trinajstić information content (AvgIpc) is 3.26. The molecule has 1 aliphatic rings. The zero-order valence-electron chi connectivity index (χ0n) is 19.6. The number of nitrogens with zero attached hydrogens (tertiary/aromatic N) is 2. The fraction of sp³-hybridized carbons (Fsp3) is 0.700. The molecule has 15 nitrogen and oxygen atoms in total. The van der Waals surface area contributed by atoms with Crippen LogP contribution in [0.15, 0.2) is 4.99 Å². The van der Waals surface area contributed by atoms with Gasteiger partial charge < -0.3 is 48.1 Å². The van der Waals surface area contributed by atoms with Crippen molar-refractivity contribution in [3.05, 3.63) is 0 Å². The van der Waals surface area contributed by atoms with Gasteiger partial charge in [-0.2, -0.15) is 0 Å². The molecule has 0 aromatic heterocycles. The van der Waals surface area contributed by atoms with E-state index in [0.717, 1.165) is 0 Å². The summed E-state index contributed by atoms with van der Waals surface area (Å²) in [5.74, 6) is -4.87. The number of hydrogen-bond acceptors (Lipinski definition) is 8. The molecule has 1 aliphatic heterocycles. The van der Waals surface area contributed by atoms with Gasteiger partial charge in [-0.15, -0.1) is 0 Å². The van der Waals surface area contributed by atoms with Crippen molar-refractivity contribution >= 4 is 35.6 Å². The molecule has 1 heterocycles. The van der Waals surface area contributed by atoms with Crippen LogP contribution in [-0.2, 0) is 24.0 Å². The molecule has 0 bridgehead atoms. The maximum absolute atomic E-state index is 13.2. The molecule has 5 atom stereocenters. The molecule has 3 amide bonds. The normalized spacial score (nSPS) is 18.6. The summed E-state index contributed by atoms with van der Waals surface area (Å²) in [6.07, 6.45) is -0.789. The molecule has 0 aromatic carbocycles. The highest BCUT2D eigenvalue weighted by Gasteiger charge is 2.39. The Labute approximate surface area is 202 Å². The maximum atomic E-state index is 13.2. The minimum Gasteiger partial charge on any atom is -0.481 e. The van der Waals surface area contributed by atoms with Crippen LogP contribution in [0.1, 0.15) is 45.4 Å². The van der Waals surface area contributed by atoms with Gasteiger partial charge in [0.25, 0.3) is 0 Å². The Morgan fingerprint density at radius 1 is 1.11 bits per heavy atom. The summed E-state index contributed by atoms with van der Waals surface area (Å²) in [7, 11) is 0. The number of likely N-dealkylation sites (tertiary alicyclic amines) is 1. The smallest absolute Gasteiger partial charge is 0.328 e. The van der Waals surface area contributed by atoms with E-state index in [1.807, 2.05) is 0 Å². The molecule has 0 saturated carbocycles. The first-order valence-electron chi connectivity index (χ1n) is 11.2. The van der Waals surface area contributed by atoms with Gasteiger partial charge >= 0.3 is 11.9 Å². The van der Waals surface area contributed by atoms with E-state index in [1.165, 1.54) is 11.8 Å². The second kappa shape index (κ2) is 14.1. The zero-order chi connectivity index (χ0) is 26.7. The number of aliphatic hydroxyl groups excluding tert-OH is 1. The van der Waals surface area contributed by atoms with E-state index >= 15 is 0 Å². The number of carbonyl (C=O) groups excluding carboxylic acids is 3. The van der Waals surface area contributed by atoms with Gasteiger partial charge in [-0.05, 0) is 39.0 Å². The molecule has 35 heavy (non-hydrogen) atoms. The van der Waals surface area contributed by atoms with Gasteiger partial charge in [-0.25, -0.2) is 4.79 Å². The third-order valence-electron chi connectivity index (χ3n) is 5.45. The molecule has 1 saturated heterocycles. The summed E-state index contributed by atoms with van der Waals surface area (Å²) in [6.45, 7) is 1.60. The third kappa shape index (κ3) is 9.74. The van der Waals surface area contributed by atoms with Crippen LogP contribution in [0.2, 0.25) is 0 Å². The highest BCUT2D eigenvalue weighted by molar-refractivity contribution is 5.94. The zero-order valence-corrected chi connectivity index (χ0v) is 19.6. The number of guanidine groups is 1. The Balaban J connectivity index is 2.91. The molecule has 0 radical (unpaired) electrons. The third-order valence-corrected chi connectivity index (χ3v) is 5.45. The van der Waals surface area contributed by atoms with Gasteiger partial charge in [0.1, 0.15) is 12.1 Å². The van der Waals surface area contributed by atoms with Crippen LogP contribution in [0.4, 0.5) is 0 Å². The van der Waals surface area contributed by atoms with Crippen molar-refractivity contribution in [1.29, 1.82) is 0 Å². The number of hydrogen-bond donors (Lipinski definition) is 8. The fourth-order valence-electron chi connectivity index (χ4n) is 3.60. The lowest BCUT2D eigenvalue weighted by Gasteiger charge is -2.30. The number of aliphatic carboxylic acids is 2. The van der Waals surface area contributed by atoms with Gasteiger partial charge in [0, 0.05) is 19.5 Å². The van der Waals surface area contributed by atoms with Crippen LogP contribution in [0.5, 0.6) is 0 Å². The van der Waals surface area contributed by atoms with Gasteiger partial charge in [0.15, 0.2) is 12.0 Å². The topological polar surface area (TPSA) is 264 Å². The fourth-order valence-corrected chi connectivity index (χ4v) is 3.60. The molecule has 0 spiro atoms. The average molecular weight is 502 g/mol. The van der Waals surface area contributed by atoms with Crippen molar-refractivity contribution in [1.82, 2.24) is 15.5 Å². The van der Waals surface area contributed by atoms with Gasteiger partial charge in [-0.3, -0.25) is 24.2 Å². The lowest BCUT2D eigenvalue weighted by atomic mass is 10.1. The summed E-state index contributed by atoms with van der Waals surface area (Å²) < 4.78 is 0. The molecule has 1 fully saturated rings. The second-order valence-corrected chi connectivity index (χ2v) is 8.30. The highest BCUT2D eigenvalue weighted by Crippen LogP contribution is 2.20. The predicted octanol–water partition coefficient (Wildman–Crippen LogP) is -3.34. The molecule has 0 aromatic rings. The second-order valence-electron chi connectivity index (χ2n) is 8.30. The van der Waals surface area contributed by atoms with Crippen molar-refractivity contribution in [3.8, 4) is 0 Å². The Bertz CT molecular complexity index is 815. The van der Waals surface area contributed by atoms with E-state index in [1.54, 1.807) is 0 Å². The molecule has 0 aliphatic carbocycles. The maximum Gasteiger partial charge on any atom is 0.328 e. The Kier molecular flexibility index (Phi) is 11.9. The lowest BCUT2D eigenvalue weighted by Crippen LogP contribution is -2.57. The predicted molar refractivity (Wildman–Crippen MR) is 123 cm³/mol. The van der Waals surface area contributed by atoms with Gasteiger partial charge in [0.2, 0.25) is 17.7 Å². The van der Waals surface area contributed by atoms with Crippen LogP contribution in [0, 0.1) is 0 Å². The van der Waals surface area contributed by atoms with Crippen LogP contribution < -0.4 is 27.8 Å². The van der Waals surface area contributed by atoms with E-state index in [9.17, 15) is 34.2 Å². The number of rotatable bonds is 14. The summed E-state index contributed by atoms with van der Waals surface area (Å²) in [5, 5.41) is 32.5. The van der Waals surface area contributed by atoms with Crippen molar-refractivity contribution in [2.45, 2.75) is 75.7 Å². The minimum absolute atomic E-state index is 0.102. The first-order valence-corrected chi connectivity index (χ1v) is 11.2. The van der Waals surface area contributed by atoms with Crippen molar-refractivity contribution in [3.63, 3.8) is 0 Å². The molecular weight excluding hydrogens is 466 g/mol. The largest absolute Gasteiger partial charge is 0.481 e. The molecule has 1 rings (SSSR count). The first kappa shape index (κ1) is 29.6. The van der Waals surface area contributed by atoms with Crippen molar-refractivity contribution in [2.75, 3.05) is 13.1 Å². The summed E-state index contributed by atoms with van der Waals surface area (Å²) in [4.78, 5) is 65.8. The molecule has 5 unspecified atom stereocenters. The number of carboxylic acid groups (broad SMARTS) is 2. The van der Waals surface area contributed by atoms with Gasteiger partial charge in [-0.1, -0.05) is 0 Å². The Hall–Kier alpha value is -3.46. The van der Waals surface area contributed by atoms with E-state index < -0.39 is 66.4 Å². The van der Waals surface area contributed by atoms with Gasteiger partial charge in [0.05, 0.1) is 12.1 Å². The number of aliphatic imine (C=N–C) groups is 1. The first-order chi connectivity index (χ1) is 16.3. The van der Waals surface area contributed by atoms with Crippen molar-refractivity contribution in [2.24, 2.45) is 22.2 Å². The number of amides is 3. The molecule has 15 heteroatoms.